The highest BCUT2D eigenvalue weighted by Gasteiger charge is 2.25. The van der Waals surface area contributed by atoms with Crippen LogP contribution in [0.5, 0.6) is 5.75 Å². The molecule has 0 aliphatic rings. The van der Waals surface area contributed by atoms with Crippen LogP contribution in [0.25, 0.3) is 0 Å². The number of nitrogens with two attached hydrogens (primary N) is 1. The first-order valence-corrected chi connectivity index (χ1v) is 8.19. The lowest BCUT2D eigenvalue weighted by Gasteiger charge is -2.27. The first kappa shape index (κ1) is 20.2. The van der Waals surface area contributed by atoms with E-state index in [1.807, 2.05) is 36.4 Å². The Bertz CT molecular complexity index is 633. The minimum absolute atomic E-state index is 0. The Kier molecular flexibility index (Phi) is 7.34. The Hall–Kier alpha value is -0.800. The van der Waals surface area contributed by atoms with E-state index in [1.54, 1.807) is 0 Å². The van der Waals surface area contributed by atoms with Gasteiger partial charge in [0.15, 0.2) is 5.75 Å². The van der Waals surface area contributed by atoms with Gasteiger partial charge in [-0.1, -0.05) is 49.2 Å². The zero-order valence-electron chi connectivity index (χ0n) is 12.9. The summed E-state index contributed by atoms with van der Waals surface area (Å²) in [5.74, 6) is 0.853. The Labute approximate surface area is 158 Å². The van der Waals surface area contributed by atoms with E-state index in [4.69, 9.17) is 45.3 Å². The van der Waals surface area contributed by atoms with Gasteiger partial charge in [0.25, 0.3) is 0 Å². The molecule has 0 amide bonds. The highest BCUT2D eigenvalue weighted by Crippen LogP contribution is 2.40. The maximum atomic E-state index is 6.32. The average molecular weight is 395 g/mol. The molecule has 0 atom stereocenters. The molecule has 0 radical (unpaired) electrons. The van der Waals surface area contributed by atoms with E-state index in [9.17, 15) is 0 Å². The second kappa shape index (κ2) is 8.34. The van der Waals surface area contributed by atoms with Crippen LogP contribution in [0.15, 0.2) is 36.4 Å². The zero-order chi connectivity index (χ0) is 16.3. The van der Waals surface area contributed by atoms with E-state index in [1.165, 1.54) is 0 Å². The molecule has 126 valence electrons. The van der Waals surface area contributed by atoms with Gasteiger partial charge in [-0.2, -0.15) is 0 Å². The van der Waals surface area contributed by atoms with E-state index in [0.29, 0.717) is 28.3 Å². The molecule has 0 spiro atoms. The lowest BCUT2D eigenvalue weighted by Crippen LogP contribution is -2.19. The summed E-state index contributed by atoms with van der Waals surface area (Å²) in [7, 11) is 0. The summed E-state index contributed by atoms with van der Waals surface area (Å²) >= 11 is 18.3. The smallest absolute Gasteiger partial charge is 0.156 e. The molecule has 0 aliphatic heterocycles. The van der Waals surface area contributed by atoms with Crippen LogP contribution in [0.4, 0.5) is 5.69 Å². The number of ether oxygens (including phenoxy) is 1. The summed E-state index contributed by atoms with van der Waals surface area (Å²) < 4.78 is 5.49. The highest BCUT2D eigenvalue weighted by molar-refractivity contribution is 6.37. The van der Waals surface area contributed by atoms with Crippen molar-refractivity contribution in [1.82, 2.24) is 0 Å². The topological polar surface area (TPSA) is 35.2 Å². The van der Waals surface area contributed by atoms with Crippen molar-refractivity contribution in [1.29, 1.82) is 0 Å². The number of hydrogen-bond acceptors (Lipinski definition) is 2. The Morgan fingerprint density at radius 1 is 1.00 bits per heavy atom. The van der Waals surface area contributed by atoms with Gasteiger partial charge in [-0.25, -0.2) is 0 Å². The third-order valence-electron chi connectivity index (χ3n) is 3.68. The minimum atomic E-state index is -0.258. The van der Waals surface area contributed by atoms with Crippen molar-refractivity contribution < 1.29 is 4.74 Å². The minimum Gasteiger partial charge on any atom is -0.489 e. The van der Waals surface area contributed by atoms with Crippen LogP contribution in [0.1, 0.15) is 25.0 Å². The van der Waals surface area contributed by atoms with Gasteiger partial charge in [0.2, 0.25) is 0 Å². The second-order valence-electron chi connectivity index (χ2n) is 5.55. The maximum Gasteiger partial charge on any atom is 0.156 e. The summed E-state index contributed by atoms with van der Waals surface area (Å²) in [6.07, 6.45) is 0. The standard InChI is InChI=1S/C17H18Cl3NO.ClH/c1-17(2,11-3-5-13(21)6-4-11)12-9-14(19)16(15(20)10-12)22-8-7-18;/h3-6,9-10H,7-8,21H2,1-2H3;1H. The molecule has 0 aromatic heterocycles. The fraction of sp³-hybridized carbons (Fsp3) is 0.294. The van der Waals surface area contributed by atoms with Crippen LogP contribution in [-0.4, -0.2) is 12.5 Å². The van der Waals surface area contributed by atoms with Gasteiger partial charge < -0.3 is 10.5 Å². The van der Waals surface area contributed by atoms with Crippen molar-refractivity contribution in [3.8, 4) is 5.75 Å². The molecule has 0 saturated heterocycles. The predicted molar refractivity (Wildman–Crippen MR) is 103 cm³/mol. The Morgan fingerprint density at radius 2 is 1.52 bits per heavy atom. The fourth-order valence-corrected chi connectivity index (χ4v) is 2.94. The number of halogens is 4. The van der Waals surface area contributed by atoms with Crippen molar-refractivity contribution in [2.24, 2.45) is 0 Å². The molecule has 0 aliphatic carbocycles. The summed E-state index contributed by atoms with van der Waals surface area (Å²) in [5.41, 5.74) is 8.37. The molecule has 2 rings (SSSR count). The molecular formula is C17H19Cl4NO. The van der Waals surface area contributed by atoms with Crippen LogP contribution in [0.3, 0.4) is 0 Å². The third kappa shape index (κ3) is 4.60. The molecule has 0 fully saturated rings. The zero-order valence-corrected chi connectivity index (χ0v) is 16.0. The molecule has 0 bridgehead atoms. The molecule has 0 unspecified atom stereocenters. The van der Waals surface area contributed by atoms with Crippen LogP contribution < -0.4 is 10.5 Å². The molecule has 2 nitrogen and oxygen atoms in total. The number of nitrogen functional groups attached to an aromatic ring is 1. The summed E-state index contributed by atoms with van der Waals surface area (Å²) in [4.78, 5) is 0. The average Bonchev–Trinajstić information content (AvgIpc) is 2.46. The van der Waals surface area contributed by atoms with Crippen molar-refractivity contribution in [3.63, 3.8) is 0 Å². The monoisotopic (exact) mass is 393 g/mol. The third-order valence-corrected chi connectivity index (χ3v) is 4.39. The summed E-state index contributed by atoms with van der Waals surface area (Å²) in [5, 5.41) is 0.965. The van der Waals surface area contributed by atoms with Crippen molar-refractivity contribution in [3.05, 3.63) is 57.6 Å². The van der Waals surface area contributed by atoms with Gasteiger partial charge in [-0.05, 0) is 35.4 Å². The lowest BCUT2D eigenvalue weighted by atomic mass is 9.78. The molecule has 2 N–H and O–H groups in total. The van der Waals surface area contributed by atoms with E-state index in [-0.39, 0.29) is 17.8 Å². The normalized spacial score (nSPS) is 11.0. The summed E-state index contributed by atoms with van der Waals surface area (Å²) in [6, 6.07) is 11.6. The lowest BCUT2D eigenvalue weighted by molar-refractivity contribution is 0.343. The largest absolute Gasteiger partial charge is 0.489 e. The number of anilines is 1. The van der Waals surface area contributed by atoms with Crippen molar-refractivity contribution in [2.75, 3.05) is 18.2 Å². The SMILES string of the molecule is CC(C)(c1ccc(N)cc1)c1cc(Cl)c(OCCCl)c(Cl)c1.Cl. The van der Waals surface area contributed by atoms with E-state index in [0.717, 1.165) is 16.8 Å². The second-order valence-corrected chi connectivity index (χ2v) is 6.75. The van der Waals surface area contributed by atoms with Gasteiger partial charge in [0, 0.05) is 11.1 Å². The number of alkyl halides is 1. The quantitative estimate of drug-likeness (QED) is 0.502. The molecule has 6 heteroatoms. The van der Waals surface area contributed by atoms with Gasteiger partial charge in [0.05, 0.1) is 15.9 Å². The van der Waals surface area contributed by atoms with Crippen LogP contribution >= 0.6 is 47.2 Å². The molecule has 2 aromatic carbocycles. The Balaban J connectivity index is 0.00000264. The molecule has 0 saturated carbocycles. The molecule has 2 aromatic rings. The van der Waals surface area contributed by atoms with E-state index in [2.05, 4.69) is 13.8 Å². The number of hydrogen-bond donors (Lipinski definition) is 1. The molecule has 23 heavy (non-hydrogen) atoms. The molecular weight excluding hydrogens is 376 g/mol. The van der Waals surface area contributed by atoms with Gasteiger partial charge in [0.1, 0.15) is 6.61 Å². The highest BCUT2D eigenvalue weighted by atomic mass is 35.5. The number of rotatable bonds is 5. The van der Waals surface area contributed by atoms with Crippen LogP contribution in [0.2, 0.25) is 10.0 Å². The first-order valence-electron chi connectivity index (χ1n) is 6.90. The maximum absolute atomic E-state index is 6.32. The summed E-state index contributed by atoms with van der Waals surface area (Å²) in [6.45, 7) is 4.58. The van der Waals surface area contributed by atoms with Crippen molar-refractivity contribution in [2.45, 2.75) is 19.3 Å². The van der Waals surface area contributed by atoms with Gasteiger partial charge in [-0.3, -0.25) is 0 Å². The van der Waals surface area contributed by atoms with Crippen molar-refractivity contribution >= 4 is 52.9 Å². The first-order chi connectivity index (χ1) is 10.4. The number of benzene rings is 2. The van der Waals surface area contributed by atoms with Crippen LogP contribution in [0, 0.1) is 0 Å². The fourth-order valence-electron chi connectivity index (χ4n) is 2.27. The van der Waals surface area contributed by atoms with E-state index < -0.39 is 0 Å². The van der Waals surface area contributed by atoms with E-state index >= 15 is 0 Å². The predicted octanol–water partition coefficient (Wildman–Crippen LogP) is 5.94. The molecule has 0 heterocycles. The van der Waals surface area contributed by atoms with Crippen LogP contribution in [-0.2, 0) is 5.41 Å². The van der Waals surface area contributed by atoms with Gasteiger partial charge >= 0.3 is 0 Å². The van der Waals surface area contributed by atoms with Gasteiger partial charge in [-0.15, -0.1) is 24.0 Å². The Morgan fingerprint density at radius 3 is 2.00 bits per heavy atom.